The summed E-state index contributed by atoms with van der Waals surface area (Å²) in [5.74, 6) is -2.81. The van der Waals surface area contributed by atoms with Crippen LogP contribution >= 0.6 is 0 Å². The molecular formula is C14H21F6NO5S2. The van der Waals surface area contributed by atoms with Crippen molar-refractivity contribution in [3.05, 3.63) is 0 Å². The zero-order chi connectivity index (χ0) is 22.3. The van der Waals surface area contributed by atoms with Gasteiger partial charge in [0.1, 0.15) is 0 Å². The number of carbonyl (C=O) groups is 1. The van der Waals surface area contributed by atoms with Crippen molar-refractivity contribution in [3.8, 4) is 0 Å². The molecular weight excluding hydrogens is 440 g/mol. The van der Waals surface area contributed by atoms with Crippen LogP contribution in [0.2, 0.25) is 0 Å². The number of hydrogen-bond donors (Lipinski definition) is 1. The lowest BCUT2D eigenvalue weighted by molar-refractivity contribution is -0.130. The van der Waals surface area contributed by atoms with Gasteiger partial charge < -0.3 is 5.32 Å². The molecule has 0 bridgehead atoms. The summed E-state index contributed by atoms with van der Waals surface area (Å²) < 4.78 is 121. The van der Waals surface area contributed by atoms with Crippen molar-refractivity contribution < 1.29 is 48.0 Å². The van der Waals surface area contributed by atoms with Gasteiger partial charge in [0.05, 0.1) is 0 Å². The first-order chi connectivity index (χ1) is 12.3. The Morgan fingerprint density at radius 3 is 1.75 bits per heavy atom. The summed E-state index contributed by atoms with van der Waals surface area (Å²) in [5.41, 5.74) is -13.5. The van der Waals surface area contributed by atoms with Gasteiger partial charge in [0.15, 0.2) is 4.58 Å². The van der Waals surface area contributed by atoms with E-state index in [9.17, 15) is 48.0 Å². The third-order valence-electron chi connectivity index (χ3n) is 4.99. The Bertz CT molecular complexity index is 757. The summed E-state index contributed by atoms with van der Waals surface area (Å²) in [7, 11) is -13.5. The molecule has 1 fully saturated rings. The van der Waals surface area contributed by atoms with Crippen LogP contribution in [0, 0.1) is 11.3 Å². The van der Waals surface area contributed by atoms with Gasteiger partial charge in [-0.05, 0) is 19.3 Å². The summed E-state index contributed by atoms with van der Waals surface area (Å²) in [6.07, 6.45) is -0.443. The van der Waals surface area contributed by atoms with Crippen LogP contribution in [0.3, 0.4) is 0 Å². The molecule has 1 aliphatic rings. The van der Waals surface area contributed by atoms with E-state index in [4.69, 9.17) is 0 Å². The molecule has 2 atom stereocenters. The molecule has 28 heavy (non-hydrogen) atoms. The van der Waals surface area contributed by atoms with Crippen LogP contribution in [-0.4, -0.2) is 44.4 Å². The molecule has 2 unspecified atom stereocenters. The van der Waals surface area contributed by atoms with E-state index >= 15 is 0 Å². The van der Waals surface area contributed by atoms with Crippen molar-refractivity contribution in [2.45, 2.75) is 68.1 Å². The highest BCUT2D eigenvalue weighted by Gasteiger charge is 2.66. The fourth-order valence-electron chi connectivity index (χ4n) is 2.91. The van der Waals surface area contributed by atoms with Crippen molar-refractivity contribution in [1.29, 1.82) is 0 Å². The van der Waals surface area contributed by atoms with Crippen LogP contribution in [0.25, 0.3) is 0 Å². The molecule has 6 nitrogen and oxygen atoms in total. The molecule has 0 saturated heterocycles. The number of carbonyl (C=O) groups excluding carboxylic acids is 1. The van der Waals surface area contributed by atoms with Gasteiger partial charge in [-0.3, -0.25) is 4.79 Å². The lowest BCUT2D eigenvalue weighted by Gasteiger charge is -2.32. The lowest BCUT2D eigenvalue weighted by atomic mass is 9.88. The van der Waals surface area contributed by atoms with Gasteiger partial charge in [0.2, 0.25) is 5.91 Å². The van der Waals surface area contributed by atoms with E-state index in [1.54, 1.807) is 6.92 Å². The number of hydrogen-bond acceptors (Lipinski definition) is 5. The molecule has 14 heteroatoms. The zero-order valence-corrected chi connectivity index (χ0v) is 16.8. The minimum atomic E-state index is -6.73. The molecule has 1 rings (SSSR count). The first-order valence-corrected chi connectivity index (χ1v) is 11.3. The van der Waals surface area contributed by atoms with Gasteiger partial charge in [0, 0.05) is 17.4 Å². The molecule has 1 saturated carbocycles. The lowest BCUT2D eigenvalue weighted by Crippen LogP contribution is -2.54. The third-order valence-corrected chi connectivity index (χ3v) is 9.72. The smallest absolute Gasteiger partial charge is 0.353 e. The van der Waals surface area contributed by atoms with E-state index in [1.807, 2.05) is 0 Å². The topological polar surface area (TPSA) is 97.4 Å². The highest BCUT2D eigenvalue weighted by atomic mass is 32.3. The Labute approximate surface area is 158 Å². The number of halogens is 6. The van der Waals surface area contributed by atoms with E-state index in [0.717, 1.165) is 0 Å². The molecule has 1 aliphatic carbocycles. The quantitative estimate of drug-likeness (QED) is 0.614. The summed E-state index contributed by atoms with van der Waals surface area (Å²) in [6, 6.07) is -1.46. The zero-order valence-electron chi connectivity index (χ0n) is 15.2. The third kappa shape index (κ3) is 4.57. The number of sulfone groups is 2. The first kappa shape index (κ1) is 25.0. The van der Waals surface area contributed by atoms with Gasteiger partial charge in [0.25, 0.3) is 19.7 Å². The van der Waals surface area contributed by atoms with Crippen LogP contribution in [0.15, 0.2) is 0 Å². The van der Waals surface area contributed by atoms with Crippen LogP contribution in [0.5, 0.6) is 0 Å². The van der Waals surface area contributed by atoms with E-state index in [-0.39, 0.29) is 19.3 Å². The highest BCUT2D eigenvalue weighted by Crippen LogP contribution is 2.44. The summed E-state index contributed by atoms with van der Waals surface area (Å²) in [5, 5.41) is 2.25. The van der Waals surface area contributed by atoms with Gasteiger partial charge in [-0.1, -0.05) is 27.2 Å². The minimum Gasteiger partial charge on any atom is -0.353 e. The van der Waals surface area contributed by atoms with E-state index in [1.165, 1.54) is 13.8 Å². The summed E-state index contributed by atoms with van der Waals surface area (Å²) in [4.78, 5) is 12.3. The van der Waals surface area contributed by atoms with Crippen molar-refractivity contribution in [2.24, 2.45) is 11.3 Å². The average molecular weight is 461 g/mol. The van der Waals surface area contributed by atoms with Crippen molar-refractivity contribution in [2.75, 3.05) is 0 Å². The maximum absolute atomic E-state index is 13.0. The summed E-state index contributed by atoms with van der Waals surface area (Å²) >= 11 is 0. The highest BCUT2D eigenvalue weighted by molar-refractivity contribution is 8.09. The van der Waals surface area contributed by atoms with E-state index < -0.39 is 65.0 Å². The molecule has 0 aromatic rings. The van der Waals surface area contributed by atoms with Crippen LogP contribution in [0.4, 0.5) is 26.3 Å². The van der Waals surface area contributed by atoms with Crippen molar-refractivity contribution in [3.63, 3.8) is 0 Å². The molecule has 0 aromatic heterocycles. The van der Waals surface area contributed by atoms with E-state index in [0.29, 0.717) is 0 Å². The first-order valence-electron chi connectivity index (χ1n) is 8.22. The van der Waals surface area contributed by atoms with Crippen LogP contribution in [0.1, 0.15) is 46.5 Å². The Morgan fingerprint density at radius 1 is 0.964 bits per heavy atom. The largest absolute Gasteiger partial charge is 0.498 e. The Morgan fingerprint density at radius 2 is 1.39 bits per heavy atom. The van der Waals surface area contributed by atoms with Crippen molar-refractivity contribution in [1.82, 2.24) is 5.32 Å². The van der Waals surface area contributed by atoms with Crippen LogP contribution in [-0.2, 0) is 24.5 Å². The molecule has 0 aromatic carbocycles. The maximum atomic E-state index is 13.0. The molecule has 1 amide bonds. The number of alkyl halides is 6. The fraction of sp³-hybridized carbons (Fsp3) is 0.929. The summed E-state index contributed by atoms with van der Waals surface area (Å²) in [6.45, 7) is 4.57. The normalized spacial score (nSPS) is 22.5. The Hall–Kier alpha value is -1.05. The Balaban J connectivity index is 3.49. The molecule has 0 heterocycles. The fourth-order valence-corrected chi connectivity index (χ4v) is 7.00. The van der Waals surface area contributed by atoms with Gasteiger partial charge >= 0.3 is 11.0 Å². The Kier molecular flexibility index (Phi) is 6.83. The molecule has 166 valence electrons. The minimum absolute atomic E-state index is 0.0422. The SMILES string of the molecule is CCC(C)(C)C(=O)NC1CCCC1C(S(=O)(=O)C(F)(F)F)S(=O)(=O)C(F)(F)F. The van der Waals surface area contributed by atoms with E-state index in [2.05, 4.69) is 5.32 Å². The van der Waals surface area contributed by atoms with Gasteiger partial charge in [-0.25, -0.2) is 16.8 Å². The number of amides is 1. The van der Waals surface area contributed by atoms with Gasteiger partial charge in [-0.15, -0.1) is 0 Å². The predicted octanol–water partition coefficient (Wildman–Crippen LogP) is 2.90. The molecule has 1 N–H and O–H groups in total. The second-order valence-electron chi connectivity index (χ2n) is 7.26. The van der Waals surface area contributed by atoms with Gasteiger partial charge in [-0.2, -0.15) is 26.3 Å². The number of rotatable bonds is 6. The molecule has 0 aliphatic heterocycles. The predicted molar refractivity (Wildman–Crippen MR) is 87.1 cm³/mol. The molecule has 0 radical (unpaired) electrons. The van der Waals surface area contributed by atoms with Crippen molar-refractivity contribution >= 4 is 25.6 Å². The standard InChI is InChI=1S/C14H21F6NO5S2/c1-4-12(2,3)11(22)21-9-7-5-6-8(9)10(27(23,24)13(15,16)17)28(25,26)14(18,19)20/h8-10H,4-7H2,1-3H3,(H,21,22). The number of nitrogens with one attached hydrogen (secondary N) is 1. The second kappa shape index (κ2) is 7.65. The molecule has 0 spiro atoms. The average Bonchev–Trinajstić information content (AvgIpc) is 2.92. The monoisotopic (exact) mass is 461 g/mol. The van der Waals surface area contributed by atoms with Crippen LogP contribution < -0.4 is 5.32 Å². The maximum Gasteiger partial charge on any atom is 0.498 e. The second-order valence-corrected chi connectivity index (χ2v) is 11.7.